The lowest BCUT2D eigenvalue weighted by atomic mass is 10.1. The van der Waals surface area contributed by atoms with Crippen molar-refractivity contribution in [3.63, 3.8) is 0 Å². The molecule has 0 bridgehead atoms. The van der Waals surface area contributed by atoms with E-state index in [1.165, 1.54) is 32.4 Å². The van der Waals surface area contributed by atoms with E-state index in [9.17, 15) is 4.79 Å². The van der Waals surface area contributed by atoms with Crippen molar-refractivity contribution in [1.82, 2.24) is 15.5 Å². The highest BCUT2D eigenvalue weighted by molar-refractivity contribution is 5.79. The predicted octanol–water partition coefficient (Wildman–Crippen LogP) is 0.198. The zero-order chi connectivity index (χ0) is 11.2. The molecule has 2 N–H and O–H groups in total. The lowest BCUT2D eigenvalue weighted by Gasteiger charge is -2.26. The molecule has 2 saturated heterocycles. The van der Waals surface area contributed by atoms with Gasteiger partial charge in [-0.05, 0) is 38.9 Å². The molecule has 0 aromatic heterocycles. The van der Waals surface area contributed by atoms with Crippen LogP contribution in [0.5, 0.6) is 0 Å². The van der Waals surface area contributed by atoms with E-state index in [0.29, 0.717) is 0 Å². The number of rotatable bonds is 4. The molecule has 2 heterocycles. The Balaban J connectivity index is 1.57. The van der Waals surface area contributed by atoms with Crippen LogP contribution in [0.1, 0.15) is 25.7 Å². The lowest BCUT2D eigenvalue weighted by molar-refractivity contribution is -0.124. The van der Waals surface area contributed by atoms with E-state index in [-0.39, 0.29) is 11.8 Å². The van der Waals surface area contributed by atoms with Crippen LogP contribution < -0.4 is 10.6 Å². The molecule has 0 aliphatic carbocycles. The Bertz CT molecular complexity index is 220. The molecule has 0 aromatic carbocycles. The lowest BCUT2D eigenvalue weighted by Crippen LogP contribution is -2.40. The van der Waals surface area contributed by atoms with Crippen molar-refractivity contribution in [3.8, 4) is 0 Å². The second-order valence-electron chi connectivity index (χ2n) is 4.88. The number of carbonyl (C=O) groups excluding carboxylic acids is 1. The number of nitrogens with zero attached hydrogens (tertiary/aromatic N) is 1. The number of carbonyl (C=O) groups is 1. The zero-order valence-corrected chi connectivity index (χ0v) is 10.0. The average molecular weight is 225 g/mol. The summed E-state index contributed by atoms with van der Waals surface area (Å²) in [7, 11) is 0. The Labute approximate surface area is 97.8 Å². The maximum absolute atomic E-state index is 11.7. The van der Waals surface area contributed by atoms with Crippen LogP contribution in [-0.4, -0.2) is 50.1 Å². The van der Waals surface area contributed by atoms with Crippen molar-refractivity contribution in [1.29, 1.82) is 0 Å². The first-order valence-electron chi connectivity index (χ1n) is 6.57. The third-order valence-corrected chi connectivity index (χ3v) is 3.61. The Morgan fingerprint density at radius 3 is 2.81 bits per heavy atom. The van der Waals surface area contributed by atoms with Crippen molar-refractivity contribution in [2.24, 2.45) is 5.92 Å². The molecule has 1 amide bonds. The molecule has 2 aliphatic rings. The summed E-state index contributed by atoms with van der Waals surface area (Å²) >= 11 is 0. The molecule has 0 aromatic rings. The predicted molar refractivity (Wildman–Crippen MR) is 64.3 cm³/mol. The summed E-state index contributed by atoms with van der Waals surface area (Å²) in [6.45, 7) is 6.10. The minimum atomic E-state index is 0.210. The highest BCUT2D eigenvalue weighted by atomic mass is 16.1. The van der Waals surface area contributed by atoms with Gasteiger partial charge in [0.15, 0.2) is 0 Å². The van der Waals surface area contributed by atoms with Crippen LogP contribution in [0.4, 0.5) is 0 Å². The van der Waals surface area contributed by atoms with Crippen molar-refractivity contribution >= 4 is 5.91 Å². The Morgan fingerprint density at radius 1 is 1.31 bits per heavy atom. The van der Waals surface area contributed by atoms with Crippen molar-refractivity contribution in [2.45, 2.75) is 25.7 Å². The molecule has 0 unspecified atom stereocenters. The molecule has 2 rings (SSSR count). The minimum absolute atomic E-state index is 0.210. The van der Waals surface area contributed by atoms with Gasteiger partial charge >= 0.3 is 0 Å². The summed E-state index contributed by atoms with van der Waals surface area (Å²) in [5, 5.41) is 6.27. The SMILES string of the molecule is O=C(NCCN1CCCCC1)[C@@H]1CCNC1. The van der Waals surface area contributed by atoms with Crippen LogP contribution in [0.3, 0.4) is 0 Å². The molecular formula is C12H23N3O. The van der Waals surface area contributed by atoms with Gasteiger partial charge in [0.2, 0.25) is 5.91 Å². The second kappa shape index (κ2) is 6.21. The van der Waals surface area contributed by atoms with Gasteiger partial charge in [0.25, 0.3) is 0 Å². The zero-order valence-electron chi connectivity index (χ0n) is 10.0. The van der Waals surface area contributed by atoms with E-state index in [1.807, 2.05) is 0 Å². The van der Waals surface area contributed by atoms with E-state index in [0.717, 1.165) is 32.6 Å². The van der Waals surface area contributed by atoms with E-state index in [2.05, 4.69) is 15.5 Å². The number of hydrogen-bond acceptors (Lipinski definition) is 3. The molecule has 0 radical (unpaired) electrons. The number of hydrogen-bond donors (Lipinski definition) is 2. The third-order valence-electron chi connectivity index (χ3n) is 3.61. The molecule has 4 heteroatoms. The van der Waals surface area contributed by atoms with E-state index in [4.69, 9.17) is 0 Å². The molecule has 16 heavy (non-hydrogen) atoms. The fraction of sp³-hybridized carbons (Fsp3) is 0.917. The van der Waals surface area contributed by atoms with Crippen molar-refractivity contribution in [3.05, 3.63) is 0 Å². The smallest absolute Gasteiger partial charge is 0.224 e. The molecule has 4 nitrogen and oxygen atoms in total. The first kappa shape index (κ1) is 11.9. The maximum Gasteiger partial charge on any atom is 0.224 e. The van der Waals surface area contributed by atoms with Gasteiger partial charge in [0.1, 0.15) is 0 Å². The normalized spacial score (nSPS) is 26.9. The van der Waals surface area contributed by atoms with E-state index < -0.39 is 0 Å². The third kappa shape index (κ3) is 3.46. The first-order chi connectivity index (χ1) is 7.86. The molecule has 1 atom stereocenters. The van der Waals surface area contributed by atoms with Crippen LogP contribution in [-0.2, 0) is 4.79 Å². The average Bonchev–Trinajstić information content (AvgIpc) is 2.84. The van der Waals surface area contributed by atoms with Gasteiger partial charge in [-0.15, -0.1) is 0 Å². The summed E-state index contributed by atoms with van der Waals surface area (Å²) in [5.74, 6) is 0.448. The molecule has 2 fully saturated rings. The largest absolute Gasteiger partial charge is 0.355 e. The Hall–Kier alpha value is -0.610. The summed E-state index contributed by atoms with van der Waals surface area (Å²) < 4.78 is 0. The quantitative estimate of drug-likeness (QED) is 0.718. The van der Waals surface area contributed by atoms with Crippen LogP contribution >= 0.6 is 0 Å². The molecule has 0 spiro atoms. The van der Waals surface area contributed by atoms with Crippen LogP contribution in [0, 0.1) is 5.92 Å². The van der Waals surface area contributed by atoms with Gasteiger partial charge in [-0.1, -0.05) is 6.42 Å². The van der Waals surface area contributed by atoms with Gasteiger partial charge in [-0.25, -0.2) is 0 Å². The first-order valence-corrected chi connectivity index (χ1v) is 6.57. The van der Waals surface area contributed by atoms with Gasteiger partial charge < -0.3 is 15.5 Å². The standard InChI is InChI=1S/C12H23N3O/c16-12(11-4-5-13-10-11)14-6-9-15-7-2-1-3-8-15/h11,13H,1-10H2,(H,14,16)/t11-/m1/s1. The van der Waals surface area contributed by atoms with Gasteiger partial charge in [-0.2, -0.15) is 0 Å². The van der Waals surface area contributed by atoms with E-state index >= 15 is 0 Å². The van der Waals surface area contributed by atoms with E-state index in [1.54, 1.807) is 0 Å². The molecular weight excluding hydrogens is 202 g/mol. The number of likely N-dealkylation sites (tertiary alicyclic amines) is 1. The summed E-state index contributed by atoms with van der Waals surface area (Å²) in [6, 6.07) is 0. The van der Waals surface area contributed by atoms with Gasteiger partial charge in [0, 0.05) is 19.6 Å². The Morgan fingerprint density at radius 2 is 2.12 bits per heavy atom. The van der Waals surface area contributed by atoms with Crippen LogP contribution in [0.25, 0.3) is 0 Å². The second-order valence-corrected chi connectivity index (χ2v) is 4.88. The maximum atomic E-state index is 11.7. The number of amides is 1. The highest BCUT2D eigenvalue weighted by Gasteiger charge is 2.21. The topological polar surface area (TPSA) is 44.4 Å². The van der Waals surface area contributed by atoms with Crippen molar-refractivity contribution in [2.75, 3.05) is 39.3 Å². The highest BCUT2D eigenvalue weighted by Crippen LogP contribution is 2.08. The summed E-state index contributed by atoms with van der Waals surface area (Å²) in [4.78, 5) is 14.2. The van der Waals surface area contributed by atoms with Gasteiger partial charge in [-0.3, -0.25) is 4.79 Å². The van der Waals surface area contributed by atoms with Gasteiger partial charge in [0.05, 0.1) is 5.92 Å². The molecule has 0 saturated carbocycles. The molecule has 2 aliphatic heterocycles. The molecule has 92 valence electrons. The monoisotopic (exact) mass is 225 g/mol. The number of nitrogens with one attached hydrogen (secondary N) is 2. The van der Waals surface area contributed by atoms with Crippen LogP contribution in [0.15, 0.2) is 0 Å². The minimum Gasteiger partial charge on any atom is -0.355 e. The summed E-state index contributed by atoms with van der Waals surface area (Å²) in [6.07, 6.45) is 5.01. The van der Waals surface area contributed by atoms with Crippen LogP contribution in [0.2, 0.25) is 0 Å². The number of piperidine rings is 1. The summed E-state index contributed by atoms with van der Waals surface area (Å²) in [5.41, 5.74) is 0. The Kier molecular flexibility index (Phi) is 4.60. The van der Waals surface area contributed by atoms with Crippen molar-refractivity contribution < 1.29 is 4.79 Å². The fourth-order valence-corrected chi connectivity index (χ4v) is 2.54. The fourth-order valence-electron chi connectivity index (χ4n) is 2.54.